The van der Waals surface area contributed by atoms with Crippen LogP contribution in [0.4, 0.5) is 0 Å². The van der Waals surface area contributed by atoms with Gasteiger partial charge >= 0.3 is 5.97 Å². The number of nitrogens with zero attached hydrogens (tertiary/aromatic N) is 2. The molecule has 110 valence electrons. The van der Waals surface area contributed by atoms with Gasteiger partial charge in [-0.1, -0.05) is 6.07 Å². The van der Waals surface area contributed by atoms with Crippen molar-refractivity contribution >= 4 is 5.97 Å². The molecule has 0 spiro atoms. The summed E-state index contributed by atoms with van der Waals surface area (Å²) in [6.45, 7) is 7.61. The van der Waals surface area contributed by atoms with Gasteiger partial charge in [0.1, 0.15) is 11.6 Å². The molecule has 0 aliphatic carbocycles. The summed E-state index contributed by atoms with van der Waals surface area (Å²) in [5, 5.41) is 0. The predicted octanol–water partition coefficient (Wildman–Crippen LogP) is 2.43. The first-order valence-electron chi connectivity index (χ1n) is 7.31. The highest BCUT2D eigenvalue weighted by atomic mass is 16.6. The van der Waals surface area contributed by atoms with Crippen molar-refractivity contribution in [1.29, 1.82) is 0 Å². The third-order valence-corrected chi connectivity index (χ3v) is 3.45. The van der Waals surface area contributed by atoms with E-state index >= 15 is 0 Å². The third kappa shape index (κ3) is 4.30. The maximum atomic E-state index is 12.2. The molecule has 1 atom stereocenters. The van der Waals surface area contributed by atoms with E-state index in [0.29, 0.717) is 0 Å². The molecule has 0 saturated carbocycles. The van der Waals surface area contributed by atoms with E-state index in [-0.39, 0.29) is 12.0 Å². The van der Waals surface area contributed by atoms with Crippen molar-refractivity contribution in [2.24, 2.45) is 0 Å². The Labute approximate surface area is 121 Å². The Morgan fingerprint density at radius 1 is 1.50 bits per heavy atom. The van der Waals surface area contributed by atoms with E-state index < -0.39 is 5.60 Å². The largest absolute Gasteiger partial charge is 0.459 e. The number of carbonyl (C=O) groups is 1. The van der Waals surface area contributed by atoms with Crippen LogP contribution in [0.2, 0.25) is 0 Å². The molecule has 1 fully saturated rings. The summed E-state index contributed by atoms with van der Waals surface area (Å²) < 4.78 is 5.51. The summed E-state index contributed by atoms with van der Waals surface area (Å²) in [6.07, 6.45) is 6.56. The summed E-state index contributed by atoms with van der Waals surface area (Å²) in [7, 11) is 0. The Balaban J connectivity index is 1.89. The molecule has 0 N–H and O–H groups in total. The van der Waals surface area contributed by atoms with Crippen LogP contribution in [0.25, 0.3) is 0 Å². The molecule has 1 aliphatic rings. The zero-order valence-electron chi connectivity index (χ0n) is 12.6. The van der Waals surface area contributed by atoms with Crippen molar-refractivity contribution in [3.63, 3.8) is 0 Å². The van der Waals surface area contributed by atoms with Crippen molar-refractivity contribution in [1.82, 2.24) is 9.88 Å². The van der Waals surface area contributed by atoms with Crippen molar-refractivity contribution in [2.45, 2.75) is 51.7 Å². The smallest absolute Gasteiger partial charge is 0.323 e. The van der Waals surface area contributed by atoms with Crippen LogP contribution in [0.15, 0.2) is 24.5 Å². The van der Waals surface area contributed by atoms with Crippen LogP contribution < -0.4 is 0 Å². The van der Waals surface area contributed by atoms with Crippen molar-refractivity contribution in [2.75, 3.05) is 13.1 Å². The number of rotatable bonds is 4. The standard InChI is InChI=1S/C16H24N2O2/c1-16(2,3)20-15(19)14-7-5-10-18(14)11-8-13-6-4-9-17-12-13/h4,6,9,12,14H,5,7-8,10-11H2,1-3H3/t14-/m0/s1. The van der Waals surface area contributed by atoms with Gasteiger partial charge in [0, 0.05) is 18.9 Å². The van der Waals surface area contributed by atoms with Crippen molar-refractivity contribution in [3.8, 4) is 0 Å². The summed E-state index contributed by atoms with van der Waals surface area (Å²) in [4.78, 5) is 18.6. The number of hydrogen-bond acceptors (Lipinski definition) is 4. The van der Waals surface area contributed by atoms with E-state index in [2.05, 4.69) is 16.0 Å². The van der Waals surface area contributed by atoms with Gasteiger partial charge in [-0.15, -0.1) is 0 Å². The normalized spacial score (nSPS) is 20.1. The Hall–Kier alpha value is -1.42. The zero-order chi connectivity index (χ0) is 14.6. The van der Waals surface area contributed by atoms with Crippen molar-refractivity contribution < 1.29 is 9.53 Å². The lowest BCUT2D eigenvalue weighted by Gasteiger charge is -2.27. The summed E-state index contributed by atoms with van der Waals surface area (Å²) in [5.74, 6) is -0.0822. The molecule has 1 aromatic heterocycles. The van der Waals surface area contributed by atoms with Gasteiger partial charge in [0.25, 0.3) is 0 Å². The number of hydrogen-bond donors (Lipinski definition) is 0. The van der Waals surface area contributed by atoms with Gasteiger partial charge < -0.3 is 4.74 Å². The molecule has 1 aliphatic heterocycles. The van der Waals surface area contributed by atoms with Gasteiger partial charge in [0.2, 0.25) is 0 Å². The minimum absolute atomic E-state index is 0.0779. The second-order valence-electron chi connectivity index (χ2n) is 6.34. The SMILES string of the molecule is CC(C)(C)OC(=O)[C@@H]1CCCN1CCc1cccnc1. The van der Waals surface area contributed by atoms with Gasteiger partial charge in [-0.25, -0.2) is 0 Å². The highest BCUT2D eigenvalue weighted by Crippen LogP contribution is 2.21. The van der Waals surface area contributed by atoms with Crippen LogP contribution in [0.1, 0.15) is 39.2 Å². The molecule has 20 heavy (non-hydrogen) atoms. The van der Waals surface area contributed by atoms with Crippen LogP contribution in [0, 0.1) is 0 Å². The topological polar surface area (TPSA) is 42.4 Å². The van der Waals surface area contributed by atoms with E-state index in [1.54, 1.807) is 6.20 Å². The fourth-order valence-corrected chi connectivity index (χ4v) is 2.55. The Morgan fingerprint density at radius 2 is 2.30 bits per heavy atom. The summed E-state index contributed by atoms with van der Waals surface area (Å²) in [6, 6.07) is 3.95. The monoisotopic (exact) mass is 276 g/mol. The lowest BCUT2D eigenvalue weighted by Crippen LogP contribution is -2.41. The molecule has 2 heterocycles. The number of pyridine rings is 1. The molecule has 4 heteroatoms. The number of carbonyl (C=O) groups excluding carboxylic acids is 1. The summed E-state index contributed by atoms with van der Waals surface area (Å²) in [5.41, 5.74) is 0.802. The highest BCUT2D eigenvalue weighted by Gasteiger charge is 2.33. The Morgan fingerprint density at radius 3 is 2.95 bits per heavy atom. The first-order chi connectivity index (χ1) is 9.46. The first-order valence-corrected chi connectivity index (χ1v) is 7.31. The van der Waals surface area contributed by atoms with Gasteiger partial charge in [0.15, 0.2) is 0 Å². The average molecular weight is 276 g/mol. The molecule has 0 unspecified atom stereocenters. The van der Waals surface area contributed by atoms with Gasteiger partial charge in [-0.05, 0) is 58.2 Å². The molecule has 0 amide bonds. The van der Waals surface area contributed by atoms with E-state index in [4.69, 9.17) is 4.74 Å². The molecule has 1 aromatic rings. The first kappa shape index (κ1) is 15.0. The minimum atomic E-state index is -0.408. The van der Waals surface area contributed by atoms with Crippen LogP contribution >= 0.6 is 0 Å². The van der Waals surface area contributed by atoms with Crippen LogP contribution in [0.3, 0.4) is 0 Å². The molecule has 0 aromatic carbocycles. The average Bonchev–Trinajstić information content (AvgIpc) is 2.84. The quantitative estimate of drug-likeness (QED) is 0.792. The van der Waals surface area contributed by atoms with Gasteiger partial charge in [-0.3, -0.25) is 14.7 Å². The Bertz CT molecular complexity index is 440. The number of ether oxygens (including phenoxy) is 1. The molecule has 4 nitrogen and oxygen atoms in total. The zero-order valence-corrected chi connectivity index (χ0v) is 12.6. The fourth-order valence-electron chi connectivity index (χ4n) is 2.55. The highest BCUT2D eigenvalue weighted by molar-refractivity contribution is 5.76. The number of esters is 1. The molecule has 0 bridgehead atoms. The predicted molar refractivity (Wildman–Crippen MR) is 78.4 cm³/mol. The summed E-state index contributed by atoms with van der Waals surface area (Å²) >= 11 is 0. The minimum Gasteiger partial charge on any atom is -0.459 e. The van der Waals surface area contributed by atoms with Gasteiger partial charge in [-0.2, -0.15) is 0 Å². The van der Waals surface area contributed by atoms with Gasteiger partial charge in [0.05, 0.1) is 0 Å². The van der Waals surface area contributed by atoms with E-state index in [1.807, 2.05) is 33.0 Å². The van der Waals surface area contributed by atoms with Crippen LogP contribution in [-0.4, -0.2) is 40.6 Å². The van der Waals surface area contributed by atoms with Crippen molar-refractivity contribution in [3.05, 3.63) is 30.1 Å². The van der Waals surface area contributed by atoms with E-state index in [9.17, 15) is 4.79 Å². The maximum Gasteiger partial charge on any atom is 0.323 e. The molecular formula is C16H24N2O2. The second-order valence-corrected chi connectivity index (χ2v) is 6.34. The lowest BCUT2D eigenvalue weighted by atomic mass is 10.1. The lowest BCUT2D eigenvalue weighted by molar-refractivity contribution is -0.160. The molecule has 0 radical (unpaired) electrons. The maximum absolute atomic E-state index is 12.2. The Kier molecular flexibility index (Phi) is 4.76. The fraction of sp³-hybridized carbons (Fsp3) is 0.625. The second kappa shape index (κ2) is 6.35. The molecule has 1 saturated heterocycles. The third-order valence-electron chi connectivity index (χ3n) is 3.45. The number of aromatic nitrogens is 1. The van der Waals surface area contributed by atoms with Crippen LogP contribution in [0.5, 0.6) is 0 Å². The molecular weight excluding hydrogens is 252 g/mol. The molecule has 2 rings (SSSR count). The van der Waals surface area contributed by atoms with Crippen LogP contribution in [-0.2, 0) is 16.0 Å². The van der Waals surface area contributed by atoms with E-state index in [1.165, 1.54) is 5.56 Å². The number of likely N-dealkylation sites (tertiary alicyclic amines) is 1. The van der Waals surface area contributed by atoms with E-state index in [0.717, 1.165) is 32.4 Å².